The fourth-order valence-corrected chi connectivity index (χ4v) is 11.5. The fraction of sp³-hybridized carbons (Fsp3) is 0.627. The molecule has 10 N–H and O–H groups in total. The predicted molar refractivity (Wildman–Crippen MR) is 376 cm³/mol. The molecule has 2 heterocycles. The minimum atomic E-state index is -0.0207. The van der Waals surface area contributed by atoms with Gasteiger partial charge in [0.25, 0.3) is 0 Å². The molecule has 4 aromatic rings. The van der Waals surface area contributed by atoms with Crippen molar-refractivity contribution in [2.45, 2.75) is 219 Å². The number of phenols is 4. The molecule has 4 aromatic carbocycles. The van der Waals surface area contributed by atoms with Gasteiger partial charge in [0.05, 0.1) is 0 Å². The van der Waals surface area contributed by atoms with E-state index in [2.05, 4.69) is 243 Å². The third kappa shape index (κ3) is 29.5. The quantitative estimate of drug-likeness (QED) is 0.0650. The number of fused-ring (bicyclic) bond motifs is 8. The van der Waals surface area contributed by atoms with E-state index in [-0.39, 0.29) is 139 Å². The Morgan fingerprint density at radius 1 is 0.341 bits per heavy atom. The second-order valence-electron chi connectivity index (χ2n) is 32.3. The van der Waals surface area contributed by atoms with Gasteiger partial charge in [0.15, 0.2) is 0 Å². The third-order valence-electron chi connectivity index (χ3n) is 16.7. The molecule has 0 aliphatic carbocycles. The Labute approximate surface area is 598 Å². The largest absolute Gasteiger partial charge is 3.00 e. The monoisotopic (exact) mass is 1440 g/mol. The molecular weight excluding hydrogens is 1310 g/mol. The van der Waals surface area contributed by atoms with Crippen molar-refractivity contribution in [3.8, 4) is 23.0 Å². The fourth-order valence-electron chi connectivity index (χ4n) is 11.5. The summed E-state index contributed by atoms with van der Waals surface area (Å²) in [5, 5.41) is 67.1. The second kappa shape index (κ2) is 38.6. The van der Waals surface area contributed by atoms with Crippen LogP contribution in [0, 0.1) is 51.4 Å². The van der Waals surface area contributed by atoms with E-state index in [1.54, 1.807) is 0 Å². The summed E-state index contributed by atoms with van der Waals surface area (Å²) in [5.74, 6) is 1.60. The molecule has 8 bridgehead atoms. The molecule has 0 unspecified atom stereocenters. The number of nitrogens with one attached hydrogen (secondary N) is 6. The SMILES string of the molecule is CCN1Cc2cc(C(C)(C)C)cc(c2O)CNCC(C)(C)CNCc2cc(C(C)(C)C)cc(c2O)CNCC(C)(C)C1.CN1Cc2cc(C(C)(C)C)cc(c2O)CNCC(C)(C)CNCc2cc(C(C)(C)C)cc(c2O)CNCC(C)(C)C1.[CH3-].[CH3-].[CH3-].[CH3-].[Ni+3].[Ni+3].[Ni+3].[Ni+3]. The van der Waals surface area contributed by atoms with Crippen molar-refractivity contribution < 1.29 is 86.4 Å². The van der Waals surface area contributed by atoms with E-state index >= 15 is 0 Å². The molecule has 0 spiro atoms. The molecule has 0 atom stereocenters. The first-order valence-corrected chi connectivity index (χ1v) is 31.1. The van der Waals surface area contributed by atoms with Crippen molar-refractivity contribution in [1.29, 1.82) is 0 Å². The first-order valence-electron chi connectivity index (χ1n) is 31.1. The van der Waals surface area contributed by atoms with Crippen LogP contribution in [-0.4, -0.2) is 96.2 Å². The van der Waals surface area contributed by atoms with E-state index in [1.807, 2.05) is 0 Å². The van der Waals surface area contributed by atoms with Crippen molar-refractivity contribution in [2.24, 2.45) is 21.7 Å². The number of rotatable bonds is 1. The molecule has 0 saturated heterocycles. The maximum atomic E-state index is 11.4. The van der Waals surface area contributed by atoms with E-state index < -0.39 is 0 Å². The number of nitrogens with zero attached hydrogens (tertiary/aromatic N) is 2. The van der Waals surface area contributed by atoms with E-state index in [4.69, 9.17) is 0 Å². The van der Waals surface area contributed by atoms with Gasteiger partial charge in [-0.15, -0.1) is 0 Å². The molecule has 16 heteroatoms. The van der Waals surface area contributed by atoms with Gasteiger partial charge < -0.3 is 86.9 Å². The van der Waals surface area contributed by atoms with Crippen LogP contribution in [0.3, 0.4) is 0 Å². The molecule has 0 aromatic heterocycles. The maximum Gasteiger partial charge on any atom is 3.00 e. The molecule has 91 heavy (non-hydrogen) atoms. The Morgan fingerprint density at radius 3 is 0.769 bits per heavy atom. The number of hydrogen-bond acceptors (Lipinski definition) is 12. The van der Waals surface area contributed by atoms with Crippen molar-refractivity contribution in [3.05, 3.63) is 145 Å². The first kappa shape index (κ1) is 95.1. The molecule has 12 nitrogen and oxygen atoms in total. The van der Waals surface area contributed by atoms with Crippen LogP contribution >= 0.6 is 0 Å². The first-order chi connectivity index (χ1) is 38.1. The number of hydrogen-bond donors (Lipinski definition) is 10. The van der Waals surface area contributed by atoms with Crippen molar-refractivity contribution >= 4 is 0 Å². The molecule has 0 amide bonds. The molecule has 526 valence electrons. The van der Waals surface area contributed by atoms with Gasteiger partial charge in [0.2, 0.25) is 0 Å². The summed E-state index contributed by atoms with van der Waals surface area (Å²) < 4.78 is 0. The Balaban J connectivity index is -0.000000765. The van der Waals surface area contributed by atoms with Gasteiger partial charge in [0.1, 0.15) is 23.0 Å². The van der Waals surface area contributed by atoms with Gasteiger partial charge in [-0.1, -0.05) is 194 Å². The molecular formula is C75H130N8Ni4O4+8. The summed E-state index contributed by atoms with van der Waals surface area (Å²) in [4.78, 5) is 4.74. The van der Waals surface area contributed by atoms with Crippen LogP contribution < -0.4 is 31.9 Å². The maximum absolute atomic E-state index is 11.4. The molecule has 0 saturated carbocycles. The predicted octanol–water partition coefficient (Wildman–Crippen LogP) is 14.5. The van der Waals surface area contributed by atoms with Gasteiger partial charge in [-0.25, -0.2) is 0 Å². The van der Waals surface area contributed by atoms with Crippen LogP contribution in [0.4, 0.5) is 0 Å². The second-order valence-corrected chi connectivity index (χ2v) is 32.3. The summed E-state index contributed by atoms with van der Waals surface area (Å²) in [6, 6.07) is 17.4. The average molecular weight is 1440 g/mol. The standard InChI is InChI=1S/C36H60N4O2.C35H58N4O2.4CH3.4Ni/c1-12-40-20-28-16-30(34(5,6)7)15-27(32(28)42)19-38-22-35(8,9)21-37-17-25-13-29(33(2,3)4)14-26(31(25)41)18-39-23-36(10,11)24-40;1-32(2,3)28-12-24-16-36-20-34(7,8)21-37-18-26-14-29(33(4,5)6)15-27(31(26)41)19-39(11)23-35(9,10)22-38-17-25(13-28)30(24)40;;;;;;;;/h13-16,37-39,41-42H,12,17-24H2,1-11H3;12-15,36-38,40-41H,16-23H2,1-11H3;4*1H3;;;;/q;;4*-1;4*+3. The van der Waals surface area contributed by atoms with E-state index in [1.165, 1.54) is 22.3 Å². The normalized spacial score (nSPS) is 18.1. The Kier molecular flexibility index (Phi) is 40.4. The van der Waals surface area contributed by atoms with Crippen LogP contribution in [0.2, 0.25) is 0 Å². The van der Waals surface area contributed by atoms with Gasteiger partial charge in [-0.05, 0) is 79.2 Å². The summed E-state index contributed by atoms with van der Waals surface area (Å²) in [7, 11) is 2.13. The Morgan fingerprint density at radius 2 is 0.538 bits per heavy atom. The van der Waals surface area contributed by atoms with Crippen LogP contribution in [-0.2, 0) is 140 Å². The molecule has 4 radical (unpaired) electrons. The van der Waals surface area contributed by atoms with Gasteiger partial charge >= 0.3 is 66.0 Å². The van der Waals surface area contributed by atoms with Crippen LogP contribution in [0.5, 0.6) is 23.0 Å². The van der Waals surface area contributed by atoms with Crippen LogP contribution in [0.1, 0.15) is 212 Å². The van der Waals surface area contributed by atoms with Crippen molar-refractivity contribution in [1.82, 2.24) is 41.7 Å². The van der Waals surface area contributed by atoms with Crippen molar-refractivity contribution in [2.75, 3.05) is 66.0 Å². The molecule has 6 rings (SSSR count). The molecule has 2 aliphatic rings. The van der Waals surface area contributed by atoms with Crippen LogP contribution in [0.25, 0.3) is 0 Å². The smallest absolute Gasteiger partial charge is 0.507 e. The average Bonchev–Trinajstić information content (AvgIpc) is 2.14. The van der Waals surface area contributed by atoms with Crippen molar-refractivity contribution in [3.63, 3.8) is 0 Å². The third-order valence-corrected chi connectivity index (χ3v) is 16.7. The zero-order valence-electron chi connectivity index (χ0n) is 61.6. The van der Waals surface area contributed by atoms with E-state index in [0.29, 0.717) is 75.4 Å². The minimum Gasteiger partial charge on any atom is -0.507 e. The van der Waals surface area contributed by atoms with Gasteiger partial charge in [0, 0.05) is 149 Å². The Hall–Kier alpha value is -2.27. The summed E-state index contributed by atoms with van der Waals surface area (Å²) in [6.45, 7) is 59.6. The number of phenolic OH excluding ortho intramolecular Hbond substituents is 4. The van der Waals surface area contributed by atoms with E-state index in [0.717, 1.165) is 103 Å². The molecule has 2 aliphatic heterocycles. The Bertz CT molecular complexity index is 2790. The topological polar surface area (TPSA) is 160 Å². The summed E-state index contributed by atoms with van der Waals surface area (Å²) in [6.07, 6.45) is 0. The van der Waals surface area contributed by atoms with E-state index in [9.17, 15) is 20.4 Å². The van der Waals surface area contributed by atoms with Gasteiger partial charge in [-0.2, -0.15) is 0 Å². The van der Waals surface area contributed by atoms with Gasteiger partial charge in [-0.3, -0.25) is 4.90 Å². The molecule has 0 fully saturated rings. The summed E-state index contributed by atoms with van der Waals surface area (Å²) >= 11 is 0. The zero-order chi connectivity index (χ0) is 62.3. The minimum absolute atomic E-state index is 0. The number of benzene rings is 4. The number of aromatic hydroxyl groups is 4. The van der Waals surface area contributed by atoms with Crippen LogP contribution in [0.15, 0.2) is 48.5 Å². The summed E-state index contributed by atoms with van der Waals surface area (Å²) in [5.41, 5.74) is 12.6. The zero-order valence-corrected chi connectivity index (χ0v) is 65.5.